The lowest BCUT2D eigenvalue weighted by Gasteiger charge is -2.33. The van der Waals surface area contributed by atoms with Crippen LogP contribution in [-0.2, 0) is 0 Å². The molecule has 0 bridgehead atoms. The molecule has 118 valence electrons. The summed E-state index contributed by atoms with van der Waals surface area (Å²) in [5.74, 6) is 2.55. The number of piperidine rings is 1. The lowest BCUT2D eigenvalue weighted by atomic mass is 9.84. The standard InChI is InChI=1S/C17H23N3O2/c1-21-14-2-3-16-15(10-14)19-17(22-16)20-8-5-12(6-9-20)13-4-7-18-11-13/h2-3,10,12-13,18H,4-9,11H2,1H3. The number of hydrogen-bond donors (Lipinski definition) is 1. The zero-order valence-electron chi connectivity index (χ0n) is 13.0. The first-order valence-corrected chi connectivity index (χ1v) is 8.24. The highest BCUT2D eigenvalue weighted by atomic mass is 16.5. The van der Waals surface area contributed by atoms with Gasteiger partial charge >= 0.3 is 0 Å². The maximum atomic E-state index is 5.91. The zero-order chi connectivity index (χ0) is 14.9. The molecular formula is C17H23N3O2. The second kappa shape index (κ2) is 5.80. The lowest BCUT2D eigenvalue weighted by molar-refractivity contribution is 0.287. The summed E-state index contributed by atoms with van der Waals surface area (Å²) in [6.07, 6.45) is 3.83. The van der Waals surface area contributed by atoms with Crippen molar-refractivity contribution in [3.05, 3.63) is 18.2 Å². The summed E-state index contributed by atoms with van der Waals surface area (Å²) in [4.78, 5) is 6.92. The smallest absolute Gasteiger partial charge is 0.298 e. The highest BCUT2D eigenvalue weighted by Crippen LogP contribution is 2.32. The molecular weight excluding hydrogens is 278 g/mol. The van der Waals surface area contributed by atoms with E-state index in [-0.39, 0.29) is 0 Å². The van der Waals surface area contributed by atoms with Crippen LogP contribution in [0.15, 0.2) is 22.6 Å². The summed E-state index contributed by atoms with van der Waals surface area (Å²) >= 11 is 0. The van der Waals surface area contributed by atoms with Gasteiger partial charge in [0.25, 0.3) is 6.01 Å². The van der Waals surface area contributed by atoms with Crippen LogP contribution in [-0.4, -0.2) is 38.3 Å². The maximum absolute atomic E-state index is 5.91. The van der Waals surface area contributed by atoms with E-state index in [1.54, 1.807) is 7.11 Å². The molecule has 1 aromatic heterocycles. The Kier molecular flexibility index (Phi) is 3.66. The van der Waals surface area contributed by atoms with Crippen molar-refractivity contribution >= 4 is 17.1 Å². The van der Waals surface area contributed by atoms with Crippen LogP contribution in [0.2, 0.25) is 0 Å². The van der Waals surface area contributed by atoms with Gasteiger partial charge in [-0.2, -0.15) is 4.98 Å². The van der Waals surface area contributed by atoms with Crippen LogP contribution in [0.4, 0.5) is 6.01 Å². The second-order valence-corrected chi connectivity index (χ2v) is 6.41. The van der Waals surface area contributed by atoms with Gasteiger partial charge in [0, 0.05) is 19.2 Å². The van der Waals surface area contributed by atoms with Crippen LogP contribution >= 0.6 is 0 Å². The van der Waals surface area contributed by atoms with E-state index in [1.165, 1.54) is 32.4 Å². The summed E-state index contributed by atoms with van der Waals surface area (Å²) in [5, 5.41) is 3.48. The molecule has 22 heavy (non-hydrogen) atoms. The molecule has 3 heterocycles. The molecule has 0 saturated carbocycles. The number of rotatable bonds is 3. The molecule has 0 aliphatic carbocycles. The van der Waals surface area contributed by atoms with Crippen molar-refractivity contribution in [2.75, 3.05) is 38.2 Å². The Morgan fingerprint density at radius 1 is 1.23 bits per heavy atom. The number of aromatic nitrogens is 1. The Hall–Kier alpha value is -1.75. The Labute approximate surface area is 130 Å². The number of oxazole rings is 1. The fourth-order valence-electron chi connectivity index (χ4n) is 3.80. The van der Waals surface area contributed by atoms with Gasteiger partial charge in [-0.15, -0.1) is 0 Å². The molecule has 1 atom stereocenters. The van der Waals surface area contributed by atoms with Crippen molar-refractivity contribution in [3.63, 3.8) is 0 Å². The zero-order valence-corrected chi connectivity index (χ0v) is 13.0. The number of nitrogens with one attached hydrogen (secondary N) is 1. The maximum Gasteiger partial charge on any atom is 0.298 e. The summed E-state index contributed by atoms with van der Waals surface area (Å²) in [6, 6.07) is 6.53. The van der Waals surface area contributed by atoms with Gasteiger partial charge in [-0.3, -0.25) is 0 Å². The molecule has 2 aliphatic rings. The molecule has 1 aromatic carbocycles. The minimum Gasteiger partial charge on any atom is -0.497 e. The average molecular weight is 301 g/mol. The van der Waals surface area contributed by atoms with Crippen molar-refractivity contribution in [2.24, 2.45) is 11.8 Å². The first-order chi connectivity index (χ1) is 10.8. The molecule has 0 spiro atoms. The van der Waals surface area contributed by atoms with Crippen molar-refractivity contribution in [1.82, 2.24) is 10.3 Å². The normalized spacial score (nSPS) is 23.3. The van der Waals surface area contributed by atoms with Gasteiger partial charge in [0.2, 0.25) is 0 Å². The SMILES string of the molecule is COc1ccc2oc(N3CCC(C4CCNC4)CC3)nc2c1. The third-order valence-electron chi connectivity index (χ3n) is 5.16. The lowest BCUT2D eigenvalue weighted by Crippen LogP contribution is -2.36. The van der Waals surface area contributed by atoms with Gasteiger partial charge in [-0.1, -0.05) is 0 Å². The molecule has 0 radical (unpaired) electrons. The third kappa shape index (κ3) is 2.54. The van der Waals surface area contributed by atoms with E-state index in [2.05, 4.69) is 15.2 Å². The van der Waals surface area contributed by atoms with E-state index in [9.17, 15) is 0 Å². The second-order valence-electron chi connectivity index (χ2n) is 6.41. The first kappa shape index (κ1) is 13.9. The van der Waals surface area contributed by atoms with Crippen molar-refractivity contribution in [1.29, 1.82) is 0 Å². The number of hydrogen-bond acceptors (Lipinski definition) is 5. The summed E-state index contributed by atoms with van der Waals surface area (Å²) in [5.41, 5.74) is 1.70. The molecule has 2 aliphatic heterocycles. The predicted octanol–water partition coefficient (Wildman–Crippen LogP) is 2.66. The third-order valence-corrected chi connectivity index (χ3v) is 5.16. The molecule has 1 unspecified atom stereocenters. The molecule has 5 nitrogen and oxygen atoms in total. The molecule has 2 saturated heterocycles. The van der Waals surface area contributed by atoms with Crippen LogP contribution in [0.25, 0.3) is 11.1 Å². The predicted molar refractivity (Wildman–Crippen MR) is 86.5 cm³/mol. The summed E-state index contributed by atoms with van der Waals surface area (Å²) in [6.45, 7) is 4.49. The highest BCUT2D eigenvalue weighted by Gasteiger charge is 2.29. The van der Waals surface area contributed by atoms with Crippen LogP contribution < -0.4 is 15.0 Å². The van der Waals surface area contributed by atoms with E-state index in [0.29, 0.717) is 0 Å². The average Bonchev–Trinajstić information content (AvgIpc) is 3.23. The van der Waals surface area contributed by atoms with E-state index >= 15 is 0 Å². The van der Waals surface area contributed by atoms with Crippen molar-refractivity contribution in [3.8, 4) is 5.75 Å². The van der Waals surface area contributed by atoms with E-state index < -0.39 is 0 Å². The van der Waals surface area contributed by atoms with Crippen molar-refractivity contribution in [2.45, 2.75) is 19.3 Å². The molecule has 2 fully saturated rings. The molecule has 1 N–H and O–H groups in total. The van der Waals surface area contributed by atoms with Crippen LogP contribution in [0.5, 0.6) is 5.75 Å². The molecule has 2 aromatic rings. The minimum absolute atomic E-state index is 0.756. The fourth-order valence-corrected chi connectivity index (χ4v) is 3.80. The Balaban J connectivity index is 1.46. The van der Waals surface area contributed by atoms with Gasteiger partial charge in [-0.25, -0.2) is 0 Å². The number of ether oxygens (including phenoxy) is 1. The van der Waals surface area contributed by atoms with Gasteiger partial charge in [0.15, 0.2) is 5.58 Å². The molecule has 5 heteroatoms. The summed E-state index contributed by atoms with van der Waals surface area (Å²) in [7, 11) is 1.67. The minimum atomic E-state index is 0.756. The molecule has 4 rings (SSSR count). The quantitative estimate of drug-likeness (QED) is 0.944. The topological polar surface area (TPSA) is 50.5 Å². The van der Waals surface area contributed by atoms with Crippen LogP contribution in [0, 0.1) is 11.8 Å². The Morgan fingerprint density at radius 3 is 2.82 bits per heavy atom. The Bertz CT molecular complexity index is 640. The van der Waals surface area contributed by atoms with Gasteiger partial charge in [0.1, 0.15) is 11.3 Å². The van der Waals surface area contributed by atoms with Crippen LogP contribution in [0.3, 0.4) is 0 Å². The number of benzene rings is 1. The highest BCUT2D eigenvalue weighted by molar-refractivity contribution is 5.76. The van der Waals surface area contributed by atoms with Gasteiger partial charge < -0.3 is 19.4 Å². The number of nitrogens with zero attached hydrogens (tertiary/aromatic N) is 2. The summed E-state index contributed by atoms with van der Waals surface area (Å²) < 4.78 is 11.2. The van der Waals surface area contributed by atoms with E-state index in [0.717, 1.165) is 47.8 Å². The van der Waals surface area contributed by atoms with Gasteiger partial charge in [0.05, 0.1) is 7.11 Å². The fraction of sp³-hybridized carbons (Fsp3) is 0.588. The number of methoxy groups -OCH3 is 1. The van der Waals surface area contributed by atoms with Crippen LogP contribution in [0.1, 0.15) is 19.3 Å². The molecule has 0 amide bonds. The monoisotopic (exact) mass is 301 g/mol. The Morgan fingerprint density at radius 2 is 2.09 bits per heavy atom. The van der Waals surface area contributed by atoms with Gasteiger partial charge in [-0.05, 0) is 56.3 Å². The van der Waals surface area contributed by atoms with Crippen molar-refractivity contribution < 1.29 is 9.15 Å². The van der Waals surface area contributed by atoms with E-state index in [4.69, 9.17) is 9.15 Å². The number of anilines is 1. The number of fused-ring (bicyclic) bond motifs is 1. The van der Waals surface area contributed by atoms with E-state index in [1.807, 2.05) is 18.2 Å². The first-order valence-electron chi connectivity index (χ1n) is 8.24. The largest absolute Gasteiger partial charge is 0.497 e.